The van der Waals surface area contributed by atoms with Crippen LogP contribution in [0.25, 0.3) is 0 Å². The zero-order valence-corrected chi connectivity index (χ0v) is 12.7. The molecule has 0 radical (unpaired) electrons. The van der Waals surface area contributed by atoms with Crippen LogP contribution < -0.4 is 15.4 Å². The Morgan fingerprint density at radius 2 is 2.26 bits per heavy atom. The number of aromatic nitrogens is 2. The van der Waals surface area contributed by atoms with E-state index in [-0.39, 0.29) is 12.5 Å². The van der Waals surface area contributed by atoms with Gasteiger partial charge in [-0.25, -0.2) is 0 Å². The van der Waals surface area contributed by atoms with Crippen LogP contribution in [-0.2, 0) is 16.1 Å². The number of benzene rings is 1. The molecule has 1 fully saturated rings. The van der Waals surface area contributed by atoms with E-state index >= 15 is 0 Å². The first-order valence-corrected chi connectivity index (χ1v) is 7.36. The first-order chi connectivity index (χ1) is 11.2. The molecule has 1 amide bonds. The van der Waals surface area contributed by atoms with Crippen LogP contribution in [0.1, 0.15) is 11.7 Å². The number of ether oxygens (including phenoxy) is 2. The molecule has 8 nitrogen and oxygen atoms in total. The molecule has 8 heteroatoms. The summed E-state index contributed by atoms with van der Waals surface area (Å²) in [6.07, 6.45) is -0.458. The van der Waals surface area contributed by atoms with Crippen molar-refractivity contribution in [3.63, 3.8) is 0 Å². The van der Waals surface area contributed by atoms with Crippen molar-refractivity contribution >= 4 is 11.6 Å². The first kappa shape index (κ1) is 15.4. The van der Waals surface area contributed by atoms with Crippen molar-refractivity contribution in [1.82, 2.24) is 15.5 Å². The van der Waals surface area contributed by atoms with E-state index in [2.05, 4.69) is 20.8 Å². The Labute approximate surface area is 133 Å². The van der Waals surface area contributed by atoms with Crippen LogP contribution in [0, 0.1) is 6.92 Å². The molecule has 1 aliphatic rings. The van der Waals surface area contributed by atoms with Gasteiger partial charge >= 0.3 is 0 Å². The molecule has 23 heavy (non-hydrogen) atoms. The van der Waals surface area contributed by atoms with Crippen molar-refractivity contribution in [3.05, 3.63) is 36.0 Å². The maximum absolute atomic E-state index is 12.0. The van der Waals surface area contributed by atoms with Crippen LogP contribution in [0.15, 0.2) is 28.8 Å². The third-order valence-electron chi connectivity index (χ3n) is 3.27. The van der Waals surface area contributed by atoms with Crippen LogP contribution in [0.4, 0.5) is 5.69 Å². The van der Waals surface area contributed by atoms with E-state index in [1.165, 1.54) is 0 Å². The highest BCUT2D eigenvalue weighted by atomic mass is 16.5. The lowest BCUT2D eigenvalue weighted by molar-refractivity contribution is -0.128. The number of carbonyl (C=O) groups is 1. The number of hydrogen-bond acceptors (Lipinski definition) is 7. The molecule has 2 heterocycles. The van der Waals surface area contributed by atoms with Gasteiger partial charge in [-0.05, 0) is 31.2 Å². The summed E-state index contributed by atoms with van der Waals surface area (Å²) in [7, 11) is 0. The maximum Gasteiger partial charge on any atom is 0.264 e. The molecule has 2 N–H and O–H groups in total. The monoisotopic (exact) mass is 318 g/mol. The second-order valence-corrected chi connectivity index (χ2v) is 5.10. The third-order valence-corrected chi connectivity index (χ3v) is 3.27. The number of nitrogens with zero attached hydrogens (tertiary/aromatic N) is 2. The predicted molar refractivity (Wildman–Crippen MR) is 81.0 cm³/mol. The summed E-state index contributed by atoms with van der Waals surface area (Å²) in [5.74, 6) is 1.48. The average molecular weight is 318 g/mol. The summed E-state index contributed by atoms with van der Waals surface area (Å²) in [4.78, 5) is 16.1. The minimum Gasteiger partial charge on any atom is -0.484 e. The van der Waals surface area contributed by atoms with E-state index in [1.807, 2.05) is 0 Å². The molecule has 0 spiro atoms. The molecular formula is C15H18N4O4. The highest BCUT2D eigenvalue weighted by Gasteiger charge is 2.21. The van der Waals surface area contributed by atoms with Crippen molar-refractivity contribution in [1.29, 1.82) is 0 Å². The van der Waals surface area contributed by atoms with Crippen molar-refractivity contribution in [2.24, 2.45) is 0 Å². The summed E-state index contributed by atoms with van der Waals surface area (Å²) >= 11 is 0. The zero-order valence-electron chi connectivity index (χ0n) is 12.7. The molecule has 3 rings (SSSR count). The van der Waals surface area contributed by atoms with Crippen LogP contribution in [0.5, 0.6) is 5.75 Å². The predicted octanol–water partition coefficient (Wildman–Crippen LogP) is 0.884. The molecule has 0 bridgehead atoms. The Kier molecular flexibility index (Phi) is 4.84. The summed E-state index contributed by atoms with van der Waals surface area (Å²) in [6, 6.07) is 7.06. The third kappa shape index (κ3) is 4.27. The van der Waals surface area contributed by atoms with Crippen molar-refractivity contribution in [2.75, 3.05) is 25.0 Å². The molecule has 1 aromatic heterocycles. The molecule has 1 aromatic carbocycles. The van der Waals surface area contributed by atoms with Crippen LogP contribution >= 0.6 is 0 Å². The summed E-state index contributed by atoms with van der Waals surface area (Å²) in [6.45, 7) is 3.79. The van der Waals surface area contributed by atoms with E-state index < -0.39 is 6.10 Å². The van der Waals surface area contributed by atoms with Gasteiger partial charge in [0.2, 0.25) is 0 Å². The Bertz CT molecular complexity index is 650. The van der Waals surface area contributed by atoms with Gasteiger partial charge in [-0.15, -0.1) is 0 Å². The lowest BCUT2D eigenvalue weighted by atomic mass is 10.2. The lowest BCUT2D eigenvalue weighted by Crippen LogP contribution is -2.45. The average Bonchev–Trinajstić information content (AvgIpc) is 3.00. The van der Waals surface area contributed by atoms with Crippen molar-refractivity contribution in [2.45, 2.75) is 19.6 Å². The highest BCUT2D eigenvalue weighted by molar-refractivity contribution is 5.94. The number of amides is 1. The minimum absolute atomic E-state index is 0.160. The molecule has 1 saturated heterocycles. The zero-order chi connectivity index (χ0) is 16.1. The van der Waals surface area contributed by atoms with Gasteiger partial charge < -0.3 is 24.6 Å². The van der Waals surface area contributed by atoms with Gasteiger partial charge in [0.05, 0.1) is 6.61 Å². The van der Waals surface area contributed by atoms with Crippen molar-refractivity contribution in [3.8, 4) is 5.75 Å². The second-order valence-electron chi connectivity index (χ2n) is 5.10. The Morgan fingerprint density at radius 1 is 1.43 bits per heavy atom. The number of aryl methyl sites for hydroxylation is 1. The number of hydrogen-bond donors (Lipinski definition) is 2. The van der Waals surface area contributed by atoms with Gasteiger partial charge in [0.1, 0.15) is 11.9 Å². The largest absolute Gasteiger partial charge is 0.484 e. The molecular weight excluding hydrogens is 300 g/mol. The SMILES string of the molecule is Cc1noc(COc2ccc(NC(=O)C3CNCCO3)cc2)n1. The molecule has 122 valence electrons. The fraction of sp³-hybridized carbons (Fsp3) is 0.400. The Balaban J connectivity index is 1.51. The quantitative estimate of drug-likeness (QED) is 0.844. The van der Waals surface area contributed by atoms with Crippen LogP contribution in [0.3, 0.4) is 0 Å². The Hall–Kier alpha value is -2.45. The second kappa shape index (κ2) is 7.21. The van der Waals surface area contributed by atoms with Gasteiger partial charge in [-0.2, -0.15) is 4.98 Å². The van der Waals surface area contributed by atoms with E-state index in [9.17, 15) is 4.79 Å². The molecule has 0 aliphatic carbocycles. The van der Waals surface area contributed by atoms with E-state index in [0.717, 1.165) is 6.54 Å². The number of carbonyl (C=O) groups excluding carboxylic acids is 1. The van der Waals surface area contributed by atoms with Crippen LogP contribution in [-0.4, -0.2) is 41.8 Å². The standard InChI is InChI=1S/C15H18N4O4/c1-10-17-14(23-19-10)9-22-12-4-2-11(3-5-12)18-15(20)13-8-16-6-7-21-13/h2-5,13,16H,6-9H2,1H3,(H,18,20). The molecule has 0 saturated carbocycles. The van der Waals surface area contributed by atoms with Gasteiger partial charge in [-0.3, -0.25) is 4.79 Å². The Morgan fingerprint density at radius 3 is 2.91 bits per heavy atom. The fourth-order valence-electron chi connectivity index (χ4n) is 2.13. The minimum atomic E-state index is -0.458. The maximum atomic E-state index is 12.0. The van der Waals surface area contributed by atoms with Crippen LogP contribution in [0.2, 0.25) is 0 Å². The van der Waals surface area contributed by atoms with E-state index in [0.29, 0.717) is 36.3 Å². The fourth-order valence-corrected chi connectivity index (χ4v) is 2.13. The highest BCUT2D eigenvalue weighted by Crippen LogP contribution is 2.17. The molecule has 1 aliphatic heterocycles. The van der Waals surface area contributed by atoms with Gasteiger partial charge in [0.25, 0.3) is 11.8 Å². The summed E-state index contributed by atoms with van der Waals surface area (Å²) < 4.78 is 15.9. The van der Waals surface area contributed by atoms with Gasteiger partial charge in [0.15, 0.2) is 12.4 Å². The summed E-state index contributed by atoms with van der Waals surface area (Å²) in [5.41, 5.74) is 0.685. The van der Waals surface area contributed by atoms with E-state index in [1.54, 1.807) is 31.2 Å². The lowest BCUT2D eigenvalue weighted by Gasteiger charge is -2.22. The van der Waals surface area contributed by atoms with Crippen molar-refractivity contribution < 1.29 is 18.8 Å². The number of morpholine rings is 1. The summed E-state index contributed by atoms with van der Waals surface area (Å²) in [5, 5.41) is 9.62. The number of anilines is 1. The first-order valence-electron chi connectivity index (χ1n) is 7.36. The normalized spacial score (nSPS) is 17.7. The van der Waals surface area contributed by atoms with Gasteiger partial charge in [-0.1, -0.05) is 5.16 Å². The van der Waals surface area contributed by atoms with Gasteiger partial charge in [0, 0.05) is 18.8 Å². The molecule has 2 aromatic rings. The topological polar surface area (TPSA) is 98.5 Å². The van der Waals surface area contributed by atoms with E-state index in [4.69, 9.17) is 14.0 Å². The smallest absolute Gasteiger partial charge is 0.264 e. The molecule has 1 unspecified atom stereocenters. The number of nitrogens with one attached hydrogen (secondary N) is 2. The molecule has 1 atom stereocenters. The number of rotatable bonds is 5.